The van der Waals surface area contributed by atoms with Gasteiger partial charge in [0.15, 0.2) is 11.6 Å². The molecule has 2 aromatic heterocycles. The van der Waals surface area contributed by atoms with Gasteiger partial charge in [0.2, 0.25) is 0 Å². The zero-order chi connectivity index (χ0) is 19.8. The first-order chi connectivity index (χ1) is 13.7. The van der Waals surface area contributed by atoms with E-state index >= 15 is 0 Å². The number of nitrogens with zero attached hydrogens (tertiary/aromatic N) is 4. The molecular weight excluding hydrogens is 412 g/mol. The van der Waals surface area contributed by atoms with Gasteiger partial charge in [-0.1, -0.05) is 52.6 Å². The van der Waals surface area contributed by atoms with Gasteiger partial charge in [-0.15, -0.1) is 16.4 Å². The monoisotopic (exact) mass is 430 g/mol. The number of benzene rings is 1. The highest BCUT2D eigenvalue weighted by Gasteiger charge is 2.15. The molecule has 0 fully saturated rings. The number of oxime groups is 1. The first-order valence-corrected chi connectivity index (χ1v) is 10.9. The fourth-order valence-electron chi connectivity index (χ4n) is 2.32. The second kappa shape index (κ2) is 10.3. The second-order valence-electron chi connectivity index (χ2n) is 5.95. The SMILES string of the molecule is CCCCC#Cc1nc(CON=C(c2cccc(Cl)c2)c2nnsc2C)cs1. The molecule has 0 saturated carbocycles. The van der Waals surface area contributed by atoms with Crippen LogP contribution in [0.2, 0.25) is 5.02 Å². The number of aromatic nitrogens is 3. The maximum Gasteiger partial charge on any atom is 0.167 e. The van der Waals surface area contributed by atoms with Crippen LogP contribution in [0.4, 0.5) is 0 Å². The van der Waals surface area contributed by atoms with E-state index in [1.807, 2.05) is 36.6 Å². The molecule has 0 aliphatic rings. The predicted molar refractivity (Wildman–Crippen MR) is 115 cm³/mol. The number of aryl methyl sites for hydroxylation is 1. The van der Waals surface area contributed by atoms with Gasteiger partial charge in [0.05, 0.1) is 10.6 Å². The lowest BCUT2D eigenvalue weighted by Crippen LogP contribution is -2.07. The second-order valence-corrected chi connectivity index (χ2v) is 8.20. The number of halogens is 1. The van der Waals surface area contributed by atoms with Gasteiger partial charge in [-0.2, -0.15) is 0 Å². The number of thiazole rings is 1. The van der Waals surface area contributed by atoms with E-state index in [1.54, 1.807) is 0 Å². The topological polar surface area (TPSA) is 60.3 Å². The number of hydrogen-bond donors (Lipinski definition) is 0. The maximum absolute atomic E-state index is 6.13. The van der Waals surface area contributed by atoms with Crippen molar-refractivity contribution in [3.63, 3.8) is 0 Å². The van der Waals surface area contributed by atoms with E-state index in [-0.39, 0.29) is 6.61 Å². The van der Waals surface area contributed by atoms with Crippen molar-refractivity contribution in [1.82, 2.24) is 14.6 Å². The fraction of sp³-hybridized carbons (Fsp3) is 0.300. The zero-order valence-corrected chi connectivity index (χ0v) is 18.0. The van der Waals surface area contributed by atoms with Crippen LogP contribution < -0.4 is 0 Å². The molecule has 0 bridgehead atoms. The first-order valence-electron chi connectivity index (χ1n) is 8.86. The van der Waals surface area contributed by atoms with Gasteiger partial charge >= 0.3 is 0 Å². The summed E-state index contributed by atoms with van der Waals surface area (Å²) in [5, 5.41) is 11.9. The molecule has 3 aromatic rings. The summed E-state index contributed by atoms with van der Waals surface area (Å²) in [4.78, 5) is 11.0. The van der Waals surface area contributed by atoms with E-state index in [0.717, 1.165) is 40.4 Å². The molecule has 0 spiro atoms. The lowest BCUT2D eigenvalue weighted by Gasteiger charge is -2.05. The van der Waals surface area contributed by atoms with E-state index in [1.165, 1.54) is 22.9 Å². The van der Waals surface area contributed by atoms with Crippen LogP contribution in [0.1, 0.15) is 53.0 Å². The van der Waals surface area contributed by atoms with Gasteiger partial charge in [-0.05, 0) is 42.9 Å². The average Bonchev–Trinajstić information content (AvgIpc) is 3.31. The van der Waals surface area contributed by atoms with Crippen LogP contribution in [-0.2, 0) is 11.4 Å². The van der Waals surface area contributed by atoms with Crippen molar-refractivity contribution in [3.8, 4) is 11.8 Å². The molecule has 0 aliphatic carbocycles. The van der Waals surface area contributed by atoms with Crippen molar-refractivity contribution in [1.29, 1.82) is 0 Å². The Morgan fingerprint density at radius 1 is 1.36 bits per heavy atom. The summed E-state index contributed by atoms with van der Waals surface area (Å²) >= 11 is 8.97. The van der Waals surface area contributed by atoms with Crippen molar-refractivity contribution in [2.75, 3.05) is 0 Å². The van der Waals surface area contributed by atoms with Crippen molar-refractivity contribution in [2.24, 2.45) is 5.16 Å². The zero-order valence-electron chi connectivity index (χ0n) is 15.6. The molecule has 8 heteroatoms. The number of rotatable bonds is 7. The minimum atomic E-state index is 0.258. The van der Waals surface area contributed by atoms with Crippen LogP contribution in [0.15, 0.2) is 34.8 Å². The molecule has 144 valence electrons. The highest BCUT2D eigenvalue weighted by molar-refractivity contribution is 7.10. The Labute approximate surface area is 177 Å². The lowest BCUT2D eigenvalue weighted by molar-refractivity contribution is 0.128. The molecule has 0 aliphatic heterocycles. The van der Waals surface area contributed by atoms with Crippen LogP contribution in [-0.4, -0.2) is 20.3 Å². The van der Waals surface area contributed by atoms with Gasteiger partial charge in [0.25, 0.3) is 0 Å². The molecular formula is C20H19ClN4OS2. The van der Waals surface area contributed by atoms with E-state index in [2.05, 4.69) is 38.5 Å². The van der Waals surface area contributed by atoms with E-state index in [4.69, 9.17) is 16.4 Å². The molecule has 0 radical (unpaired) electrons. The third-order valence-electron chi connectivity index (χ3n) is 3.75. The third kappa shape index (κ3) is 5.61. The maximum atomic E-state index is 6.13. The standard InChI is InChI=1S/C20H19ClN4OS2/c1-3-4-5-6-10-18-22-17(13-27-18)12-26-24-20(19-14(2)28-25-23-19)15-8-7-9-16(21)11-15/h7-9,11,13H,3-5,12H2,1-2H3. The van der Waals surface area contributed by atoms with Crippen LogP contribution in [0.25, 0.3) is 0 Å². The van der Waals surface area contributed by atoms with Gasteiger partial charge < -0.3 is 4.84 Å². The molecule has 2 heterocycles. The Balaban J connectivity index is 1.73. The van der Waals surface area contributed by atoms with Crippen molar-refractivity contribution in [3.05, 3.63) is 61.5 Å². The Morgan fingerprint density at radius 2 is 2.25 bits per heavy atom. The third-order valence-corrected chi connectivity index (χ3v) is 5.42. The summed E-state index contributed by atoms with van der Waals surface area (Å²) in [7, 11) is 0. The van der Waals surface area contributed by atoms with Gasteiger partial charge in [0, 0.05) is 22.4 Å². The summed E-state index contributed by atoms with van der Waals surface area (Å²) in [6.45, 7) is 4.36. The minimum Gasteiger partial charge on any atom is -0.389 e. The summed E-state index contributed by atoms with van der Waals surface area (Å²) < 4.78 is 4.00. The van der Waals surface area contributed by atoms with Crippen LogP contribution in [0.5, 0.6) is 0 Å². The Kier molecular flexibility index (Phi) is 7.54. The summed E-state index contributed by atoms with van der Waals surface area (Å²) in [5.41, 5.74) is 2.91. The summed E-state index contributed by atoms with van der Waals surface area (Å²) in [6.07, 6.45) is 3.16. The fourth-order valence-corrected chi connectivity index (χ4v) is 3.64. The highest BCUT2D eigenvalue weighted by atomic mass is 35.5. The van der Waals surface area contributed by atoms with Crippen LogP contribution in [0, 0.1) is 18.8 Å². The normalized spacial score (nSPS) is 11.2. The highest BCUT2D eigenvalue weighted by Crippen LogP contribution is 2.19. The van der Waals surface area contributed by atoms with E-state index in [0.29, 0.717) is 16.4 Å². The molecule has 28 heavy (non-hydrogen) atoms. The molecule has 3 rings (SSSR count). The smallest absolute Gasteiger partial charge is 0.167 e. The minimum absolute atomic E-state index is 0.258. The molecule has 0 atom stereocenters. The molecule has 0 amide bonds. The molecule has 1 aromatic carbocycles. The molecule has 0 saturated heterocycles. The van der Waals surface area contributed by atoms with E-state index < -0.39 is 0 Å². The van der Waals surface area contributed by atoms with Crippen LogP contribution in [0.3, 0.4) is 0 Å². The van der Waals surface area contributed by atoms with Crippen molar-refractivity contribution >= 4 is 40.2 Å². The molecule has 0 unspecified atom stereocenters. The number of hydrogen-bond acceptors (Lipinski definition) is 7. The lowest BCUT2D eigenvalue weighted by atomic mass is 10.1. The largest absolute Gasteiger partial charge is 0.389 e. The molecule has 0 N–H and O–H groups in total. The number of unbranched alkanes of at least 4 members (excludes halogenated alkanes) is 2. The predicted octanol–water partition coefficient (Wildman–Crippen LogP) is 5.47. The Bertz CT molecular complexity index is 1020. The van der Waals surface area contributed by atoms with Gasteiger partial charge in [0.1, 0.15) is 11.4 Å². The van der Waals surface area contributed by atoms with Crippen molar-refractivity contribution < 1.29 is 4.84 Å². The molecule has 5 nitrogen and oxygen atoms in total. The van der Waals surface area contributed by atoms with Crippen LogP contribution >= 0.6 is 34.5 Å². The Morgan fingerprint density at radius 3 is 3.00 bits per heavy atom. The van der Waals surface area contributed by atoms with Crippen molar-refractivity contribution in [2.45, 2.75) is 39.7 Å². The van der Waals surface area contributed by atoms with E-state index in [9.17, 15) is 0 Å². The van der Waals surface area contributed by atoms with Gasteiger partial charge in [-0.25, -0.2) is 4.98 Å². The average molecular weight is 431 g/mol. The summed E-state index contributed by atoms with van der Waals surface area (Å²) in [5.74, 6) is 6.24. The summed E-state index contributed by atoms with van der Waals surface area (Å²) in [6, 6.07) is 7.43. The van der Waals surface area contributed by atoms with Gasteiger partial charge in [-0.3, -0.25) is 0 Å². The first kappa shape index (κ1) is 20.5. The quantitative estimate of drug-likeness (QED) is 0.216. The Hall–Kier alpha value is -2.27.